The van der Waals surface area contributed by atoms with Crippen LogP contribution in [0.15, 0.2) is 42.5 Å². The highest BCUT2D eigenvalue weighted by Crippen LogP contribution is 2.21. The normalized spacial score (nSPS) is 17.0. The van der Waals surface area contributed by atoms with Crippen LogP contribution in [0.4, 0.5) is 0 Å². The first kappa shape index (κ1) is 15.5. The molecule has 23 heavy (non-hydrogen) atoms. The Kier molecular flexibility index (Phi) is 4.59. The molecule has 118 valence electrons. The summed E-state index contributed by atoms with van der Waals surface area (Å²) in [5, 5.41) is 10.9. The molecule has 1 atom stereocenters. The second-order valence-corrected chi connectivity index (χ2v) is 6.07. The highest BCUT2D eigenvalue weighted by atomic mass is 16.2. The summed E-state index contributed by atoms with van der Waals surface area (Å²) in [7, 11) is 0. The van der Waals surface area contributed by atoms with E-state index < -0.39 is 0 Å². The molecule has 0 aliphatic carbocycles. The zero-order valence-corrected chi connectivity index (χ0v) is 13.4. The summed E-state index contributed by atoms with van der Waals surface area (Å²) in [4.78, 5) is 17.1. The lowest BCUT2D eigenvalue weighted by atomic mass is 10.0. The van der Waals surface area contributed by atoms with Crippen LogP contribution >= 0.6 is 0 Å². The Hall–Kier alpha value is -2.38. The van der Waals surface area contributed by atoms with Gasteiger partial charge in [-0.15, -0.1) is 0 Å². The molecule has 0 saturated carbocycles. The maximum absolute atomic E-state index is 12.9. The van der Waals surface area contributed by atoms with Crippen LogP contribution in [0, 0.1) is 11.3 Å². The second-order valence-electron chi connectivity index (χ2n) is 6.07. The summed E-state index contributed by atoms with van der Waals surface area (Å²) in [5.74, 6) is 0.106. The van der Waals surface area contributed by atoms with Crippen molar-refractivity contribution in [3.63, 3.8) is 0 Å². The molecule has 0 N–H and O–H groups in total. The molecule has 0 radical (unpaired) electrons. The number of rotatable bonds is 3. The first-order valence-electron chi connectivity index (χ1n) is 8.08. The lowest BCUT2D eigenvalue weighted by Gasteiger charge is -2.37. The zero-order chi connectivity index (χ0) is 16.2. The summed E-state index contributed by atoms with van der Waals surface area (Å²) in [6, 6.07) is 16.4. The lowest BCUT2D eigenvalue weighted by molar-refractivity contribution is 0.0587. The van der Waals surface area contributed by atoms with Crippen molar-refractivity contribution >= 4 is 16.7 Å². The summed E-state index contributed by atoms with van der Waals surface area (Å²) in [6.07, 6.45) is 0.539. The lowest BCUT2D eigenvalue weighted by Crippen LogP contribution is -2.51. The number of hydrogen-bond donors (Lipinski definition) is 0. The number of benzene rings is 2. The van der Waals surface area contributed by atoms with E-state index in [1.54, 1.807) is 0 Å². The van der Waals surface area contributed by atoms with Crippen molar-refractivity contribution < 1.29 is 4.79 Å². The van der Waals surface area contributed by atoms with Gasteiger partial charge in [-0.2, -0.15) is 5.26 Å². The predicted molar refractivity (Wildman–Crippen MR) is 91.1 cm³/mol. The second kappa shape index (κ2) is 6.80. The fourth-order valence-corrected chi connectivity index (χ4v) is 3.21. The summed E-state index contributed by atoms with van der Waals surface area (Å²) < 4.78 is 0. The van der Waals surface area contributed by atoms with Gasteiger partial charge in [-0.1, -0.05) is 36.4 Å². The van der Waals surface area contributed by atoms with Crippen LogP contribution in [0.5, 0.6) is 0 Å². The molecule has 4 nitrogen and oxygen atoms in total. The Bertz CT molecular complexity index is 736. The molecule has 4 heteroatoms. The van der Waals surface area contributed by atoms with E-state index in [1.807, 2.05) is 47.4 Å². The Morgan fingerprint density at radius 3 is 2.57 bits per heavy atom. The molecule has 1 saturated heterocycles. The van der Waals surface area contributed by atoms with Crippen LogP contribution in [0.1, 0.15) is 23.7 Å². The number of carbonyl (C=O) groups excluding carboxylic acids is 1. The van der Waals surface area contributed by atoms with E-state index in [4.69, 9.17) is 5.26 Å². The third-order valence-corrected chi connectivity index (χ3v) is 4.63. The van der Waals surface area contributed by atoms with Gasteiger partial charge in [0.15, 0.2) is 0 Å². The topological polar surface area (TPSA) is 47.3 Å². The highest BCUT2D eigenvalue weighted by Gasteiger charge is 2.25. The van der Waals surface area contributed by atoms with Crippen LogP contribution < -0.4 is 0 Å². The molecule has 0 bridgehead atoms. The first-order chi connectivity index (χ1) is 11.2. The smallest absolute Gasteiger partial charge is 0.254 e. The molecule has 1 fully saturated rings. The van der Waals surface area contributed by atoms with E-state index in [1.165, 1.54) is 0 Å². The molecule has 1 amide bonds. The highest BCUT2D eigenvalue weighted by molar-refractivity contribution is 6.07. The number of nitriles is 1. The van der Waals surface area contributed by atoms with Crippen LogP contribution in [0.3, 0.4) is 0 Å². The van der Waals surface area contributed by atoms with Gasteiger partial charge in [0.1, 0.15) is 0 Å². The fraction of sp³-hybridized carbons (Fsp3) is 0.368. The zero-order valence-electron chi connectivity index (χ0n) is 13.4. The van der Waals surface area contributed by atoms with Crippen molar-refractivity contribution in [1.29, 1.82) is 5.26 Å². The van der Waals surface area contributed by atoms with Gasteiger partial charge in [-0.3, -0.25) is 9.69 Å². The van der Waals surface area contributed by atoms with Gasteiger partial charge < -0.3 is 4.90 Å². The first-order valence-corrected chi connectivity index (χ1v) is 8.08. The van der Waals surface area contributed by atoms with Gasteiger partial charge in [-0.25, -0.2) is 0 Å². The number of piperazine rings is 1. The predicted octanol–water partition coefficient (Wildman–Crippen LogP) is 2.90. The molecule has 2 aromatic carbocycles. The molecule has 0 aromatic heterocycles. The quantitative estimate of drug-likeness (QED) is 0.876. The van der Waals surface area contributed by atoms with Crippen molar-refractivity contribution in [2.45, 2.75) is 19.4 Å². The van der Waals surface area contributed by atoms with Crippen molar-refractivity contribution in [2.24, 2.45) is 0 Å². The van der Waals surface area contributed by atoms with Gasteiger partial charge in [0.25, 0.3) is 5.91 Å². The molecule has 0 unspecified atom stereocenters. The van der Waals surface area contributed by atoms with Gasteiger partial charge in [0.05, 0.1) is 12.5 Å². The molecule has 1 heterocycles. The van der Waals surface area contributed by atoms with E-state index in [2.05, 4.69) is 17.9 Å². The minimum Gasteiger partial charge on any atom is -0.336 e. The molecule has 1 aliphatic heterocycles. The van der Waals surface area contributed by atoms with Crippen molar-refractivity contribution in [3.8, 4) is 6.07 Å². The fourth-order valence-electron chi connectivity index (χ4n) is 3.21. The van der Waals surface area contributed by atoms with Crippen molar-refractivity contribution in [1.82, 2.24) is 9.80 Å². The number of fused-ring (bicyclic) bond motifs is 1. The Morgan fingerprint density at radius 2 is 1.83 bits per heavy atom. The SMILES string of the molecule is C[C@@H](CC#N)N1CCN(C(=O)c2cccc3ccccc23)CC1. The molecule has 0 spiro atoms. The number of nitrogens with zero attached hydrogens (tertiary/aromatic N) is 3. The summed E-state index contributed by atoms with van der Waals surface area (Å²) >= 11 is 0. The van der Waals surface area contributed by atoms with Gasteiger partial charge in [-0.05, 0) is 23.8 Å². The van der Waals surface area contributed by atoms with Crippen LogP contribution in [-0.2, 0) is 0 Å². The average molecular weight is 307 g/mol. The standard InChI is InChI=1S/C19H21N3O/c1-15(9-10-20)21-11-13-22(14-12-21)19(23)18-8-4-6-16-5-2-3-7-17(16)18/h2-8,15H,9,11-14H2,1H3/t15-/m0/s1. The summed E-state index contributed by atoms with van der Waals surface area (Å²) in [5.41, 5.74) is 0.779. The van der Waals surface area contributed by atoms with E-state index in [0.29, 0.717) is 6.42 Å². The van der Waals surface area contributed by atoms with Gasteiger partial charge >= 0.3 is 0 Å². The van der Waals surface area contributed by atoms with E-state index in [9.17, 15) is 4.79 Å². The van der Waals surface area contributed by atoms with Crippen LogP contribution in [-0.4, -0.2) is 47.9 Å². The minimum absolute atomic E-state index is 0.106. The number of hydrogen-bond acceptors (Lipinski definition) is 3. The molecule has 2 aromatic rings. The maximum atomic E-state index is 12.9. The van der Waals surface area contributed by atoms with Crippen molar-refractivity contribution in [3.05, 3.63) is 48.0 Å². The van der Waals surface area contributed by atoms with Crippen molar-refractivity contribution in [2.75, 3.05) is 26.2 Å². The number of carbonyl (C=O) groups is 1. The minimum atomic E-state index is 0.106. The maximum Gasteiger partial charge on any atom is 0.254 e. The third-order valence-electron chi connectivity index (χ3n) is 4.63. The molecular formula is C19H21N3O. The van der Waals surface area contributed by atoms with E-state index >= 15 is 0 Å². The molecular weight excluding hydrogens is 286 g/mol. The van der Waals surface area contributed by atoms with Gasteiger partial charge in [0, 0.05) is 37.8 Å². The van der Waals surface area contributed by atoms with E-state index in [0.717, 1.165) is 42.5 Å². The Labute approximate surface area is 136 Å². The summed E-state index contributed by atoms with van der Waals surface area (Å²) in [6.45, 7) is 5.18. The van der Waals surface area contributed by atoms with Crippen LogP contribution in [0.2, 0.25) is 0 Å². The van der Waals surface area contributed by atoms with E-state index in [-0.39, 0.29) is 11.9 Å². The largest absolute Gasteiger partial charge is 0.336 e. The van der Waals surface area contributed by atoms with Gasteiger partial charge in [0.2, 0.25) is 0 Å². The number of amides is 1. The average Bonchev–Trinajstić information content (AvgIpc) is 2.61. The Balaban J connectivity index is 1.73. The molecule has 3 rings (SSSR count). The monoisotopic (exact) mass is 307 g/mol. The molecule has 1 aliphatic rings. The third kappa shape index (κ3) is 3.20. The Morgan fingerprint density at radius 1 is 1.13 bits per heavy atom. The van der Waals surface area contributed by atoms with Crippen LogP contribution in [0.25, 0.3) is 10.8 Å².